The smallest absolute Gasteiger partial charge is 0.239 e. The number of amides is 2. The van der Waals surface area contributed by atoms with Crippen LogP contribution in [0.2, 0.25) is 0 Å². The maximum Gasteiger partial charge on any atom is 0.239 e. The van der Waals surface area contributed by atoms with E-state index in [0.29, 0.717) is 10.0 Å². The number of rotatable bonds is 1. The number of aliphatic hydroxyl groups excluding tert-OH is 1. The van der Waals surface area contributed by atoms with Gasteiger partial charge in [0.15, 0.2) is 5.13 Å². The van der Waals surface area contributed by atoms with Gasteiger partial charge in [0.1, 0.15) is 6.61 Å². The highest BCUT2D eigenvalue weighted by molar-refractivity contribution is 7.16. The largest absolute Gasteiger partial charge is 0.384 e. The van der Waals surface area contributed by atoms with Gasteiger partial charge in [-0.15, -0.1) is 0 Å². The van der Waals surface area contributed by atoms with Gasteiger partial charge in [0, 0.05) is 11.8 Å². The predicted octanol–water partition coefficient (Wildman–Crippen LogP) is 0.632. The van der Waals surface area contributed by atoms with Crippen molar-refractivity contribution in [2.24, 2.45) is 11.8 Å². The lowest BCUT2D eigenvalue weighted by Gasteiger charge is -2.09. The summed E-state index contributed by atoms with van der Waals surface area (Å²) in [6, 6.07) is 0. The Morgan fingerprint density at radius 1 is 1.39 bits per heavy atom. The van der Waals surface area contributed by atoms with Crippen LogP contribution in [0.1, 0.15) is 18.7 Å². The van der Waals surface area contributed by atoms with Crippen molar-refractivity contribution in [1.82, 2.24) is 4.98 Å². The molecule has 18 heavy (non-hydrogen) atoms. The van der Waals surface area contributed by atoms with Crippen molar-refractivity contribution in [3.05, 3.63) is 11.1 Å². The first-order valence-corrected chi connectivity index (χ1v) is 6.31. The van der Waals surface area contributed by atoms with Crippen LogP contribution in [0.4, 0.5) is 5.13 Å². The Morgan fingerprint density at radius 3 is 2.56 bits per heavy atom. The third-order valence-electron chi connectivity index (χ3n) is 2.95. The lowest BCUT2D eigenvalue weighted by atomic mass is 10.00. The van der Waals surface area contributed by atoms with Crippen molar-refractivity contribution in [2.45, 2.75) is 13.8 Å². The maximum atomic E-state index is 11.9. The molecule has 0 spiro atoms. The number of nitrogens with zero attached hydrogens (tertiary/aromatic N) is 2. The van der Waals surface area contributed by atoms with E-state index in [9.17, 15) is 9.59 Å². The summed E-state index contributed by atoms with van der Waals surface area (Å²) in [5.74, 6) is 4.13. The van der Waals surface area contributed by atoms with E-state index in [2.05, 4.69) is 16.8 Å². The third kappa shape index (κ3) is 2.03. The second-order valence-corrected chi connectivity index (χ2v) is 5.07. The molecule has 0 radical (unpaired) electrons. The molecule has 2 unspecified atom stereocenters. The number of aliphatic hydroxyl groups is 1. The Bertz CT molecular complexity index is 535. The van der Waals surface area contributed by atoms with Crippen LogP contribution in [-0.4, -0.2) is 28.5 Å². The van der Waals surface area contributed by atoms with Gasteiger partial charge in [-0.1, -0.05) is 37.0 Å². The van der Waals surface area contributed by atoms with E-state index in [-0.39, 0.29) is 30.3 Å². The third-order valence-corrected chi connectivity index (χ3v) is 3.84. The molecule has 1 saturated heterocycles. The molecule has 1 aromatic heterocycles. The molecule has 6 heteroatoms. The van der Waals surface area contributed by atoms with Gasteiger partial charge in [-0.3, -0.25) is 9.59 Å². The van der Waals surface area contributed by atoms with E-state index in [1.807, 2.05) is 0 Å². The van der Waals surface area contributed by atoms with Crippen molar-refractivity contribution in [1.29, 1.82) is 0 Å². The van der Waals surface area contributed by atoms with Crippen LogP contribution in [-0.2, 0) is 9.59 Å². The van der Waals surface area contributed by atoms with Crippen molar-refractivity contribution >= 4 is 28.3 Å². The fourth-order valence-electron chi connectivity index (χ4n) is 1.68. The molecule has 0 aromatic carbocycles. The summed E-state index contributed by atoms with van der Waals surface area (Å²) in [6.07, 6.45) is 1.50. The molecular weight excluding hydrogens is 252 g/mol. The highest BCUT2D eigenvalue weighted by Crippen LogP contribution is 2.32. The Labute approximate surface area is 108 Å². The van der Waals surface area contributed by atoms with Gasteiger partial charge in [0.2, 0.25) is 11.8 Å². The lowest BCUT2D eigenvalue weighted by molar-refractivity contribution is -0.122. The molecule has 1 aliphatic heterocycles. The zero-order valence-corrected chi connectivity index (χ0v) is 10.8. The second kappa shape index (κ2) is 4.88. The highest BCUT2D eigenvalue weighted by Gasteiger charge is 2.44. The van der Waals surface area contributed by atoms with Crippen LogP contribution < -0.4 is 4.90 Å². The van der Waals surface area contributed by atoms with Crippen molar-refractivity contribution < 1.29 is 14.7 Å². The fraction of sp³-hybridized carbons (Fsp3) is 0.417. The summed E-state index contributed by atoms with van der Waals surface area (Å²) in [5, 5.41) is 8.94. The van der Waals surface area contributed by atoms with Crippen LogP contribution in [0.25, 0.3) is 0 Å². The van der Waals surface area contributed by atoms with E-state index in [1.54, 1.807) is 13.8 Å². The minimum Gasteiger partial charge on any atom is -0.384 e. The normalized spacial score (nSPS) is 23.2. The first-order chi connectivity index (χ1) is 8.56. The van der Waals surface area contributed by atoms with E-state index < -0.39 is 0 Å². The zero-order chi connectivity index (χ0) is 13.3. The minimum absolute atomic E-state index is 0.219. The molecule has 5 nitrogen and oxygen atoms in total. The van der Waals surface area contributed by atoms with Crippen molar-refractivity contribution in [2.75, 3.05) is 11.5 Å². The zero-order valence-electron chi connectivity index (χ0n) is 10.0. The summed E-state index contributed by atoms with van der Waals surface area (Å²) in [4.78, 5) is 29.7. The molecule has 0 saturated carbocycles. The first-order valence-electron chi connectivity index (χ1n) is 5.49. The topological polar surface area (TPSA) is 70.5 Å². The van der Waals surface area contributed by atoms with Gasteiger partial charge >= 0.3 is 0 Å². The molecule has 2 rings (SSSR count). The lowest BCUT2D eigenvalue weighted by Crippen LogP contribution is -2.30. The number of hydrogen-bond acceptors (Lipinski definition) is 5. The van der Waals surface area contributed by atoms with Crippen molar-refractivity contribution in [3.8, 4) is 11.8 Å². The number of imide groups is 1. The quantitative estimate of drug-likeness (QED) is 0.596. The SMILES string of the molecule is CC1C(=O)N(c2ncc(C#CCO)s2)C(=O)C1C. The Kier molecular flexibility index (Phi) is 3.45. The number of hydrogen-bond donors (Lipinski definition) is 1. The van der Waals surface area contributed by atoms with Crippen LogP contribution in [0.15, 0.2) is 6.20 Å². The molecule has 0 bridgehead atoms. The standard InChI is InChI=1S/C12H12N2O3S/c1-7-8(2)11(17)14(10(7)16)12-13-6-9(18-12)4-3-5-15/h6-8,15H,5H2,1-2H3. The molecule has 0 aliphatic carbocycles. The van der Waals surface area contributed by atoms with Crippen LogP contribution in [0.3, 0.4) is 0 Å². The van der Waals surface area contributed by atoms with Crippen LogP contribution in [0, 0.1) is 23.7 Å². The van der Waals surface area contributed by atoms with Gasteiger partial charge in [0.25, 0.3) is 0 Å². The highest BCUT2D eigenvalue weighted by atomic mass is 32.1. The predicted molar refractivity (Wildman–Crippen MR) is 66.9 cm³/mol. The Balaban J connectivity index is 2.29. The average molecular weight is 264 g/mol. The average Bonchev–Trinajstić information content (AvgIpc) is 2.88. The van der Waals surface area contributed by atoms with Gasteiger partial charge < -0.3 is 5.11 Å². The number of thiazole rings is 1. The second-order valence-electron chi connectivity index (χ2n) is 4.06. The van der Waals surface area contributed by atoms with Gasteiger partial charge in [-0.2, -0.15) is 0 Å². The van der Waals surface area contributed by atoms with Crippen LogP contribution >= 0.6 is 11.3 Å². The number of aromatic nitrogens is 1. The van der Waals surface area contributed by atoms with Gasteiger partial charge in [0.05, 0.1) is 11.1 Å². The van der Waals surface area contributed by atoms with E-state index in [4.69, 9.17) is 5.11 Å². The van der Waals surface area contributed by atoms with E-state index in [0.717, 1.165) is 4.90 Å². The van der Waals surface area contributed by atoms with E-state index in [1.165, 1.54) is 17.5 Å². The monoisotopic (exact) mass is 264 g/mol. The summed E-state index contributed by atoms with van der Waals surface area (Å²) < 4.78 is 0. The molecule has 94 valence electrons. The molecule has 2 atom stereocenters. The fourth-order valence-corrected chi connectivity index (χ4v) is 2.49. The molecule has 1 N–H and O–H groups in total. The van der Waals surface area contributed by atoms with Crippen LogP contribution in [0.5, 0.6) is 0 Å². The minimum atomic E-state index is -0.312. The Hall–Kier alpha value is -1.71. The van der Waals surface area contributed by atoms with E-state index >= 15 is 0 Å². The van der Waals surface area contributed by atoms with Gasteiger partial charge in [-0.05, 0) is 0 Å². The number of carbonyl (C=O) groups is 2. The van der Waals surface area contributed by atoms with Crippen molar-refractivity contribution in [3.63, 3.8) is 0 Å². The molecule has 2 amide bonds. The summed E-state index contributed by atoms with van der Waals surface area (Å²) in [7, 11) is 0. The summed E-state index contributed by atoms with van der Waals surface area (Å²) >= 11 is 1.17. The molecular formula is C12H12N2O3S. The summed E-state index contributed by atoms with van der Waals surface area (Å²) in [5.41, 5.74) is 0. The molecule has 2 heterocycles. The first kappa shape index (κ1) is 12.7. The molecule has 1 aliphatic rings. The molecule has 1 fully saturated rings. The number of anilines is 1. The number of carbonyl (C=O) groups excluding carboxylic acids is 2. The maximum absolute atomic E-state index is 11.9. The summed E-state index contributed by atoms with van der Waals surface area (Å²) in [6.45, 7) is 3.25. The Morgan fingerprint density at radius 2 is 2.00 bits per heavy atom. The molecule has 1 aromatic rings. The van der Waals surface area contributed by atoms with Gasteiger partial charge in [-0.25, -0.2) is 9.88 Å².